The van der Waals surface area contributed by atoms with Gasteiger partial charge < -0.3 is 9.47 Å². The second-order valence-electron chi connectivity index (χ2n) is 3.09. The normalized spacial score (nSPS) is 10.3. The summed E-state index contributed by atoms with van der Waals surface area (Å²) in [5.74, 6) is -1.10. The van der Waals surface area contributed by atoms with Crippen LogP contribution in [0.2, 0.25) is 5.02 Å². The molecule has 0 aliphatic carbocycles. The summed E-state index contributed by atoms with van der Waals surface area (Å²) >= 11 is 5.74. The Morgan fingerprint density at radius 3 is 2.67 bits per heavy atom. The summed E-state index contributed by atoms with van der Waals surface area (Å²) in [4.78, 5) is 22.3. The fraction of sp³-hybridized carbons (Fsp3) is 0.273. The quantitative estimate of drug-likeness (QED) is 0.614. The van der Waals surface area contributed by atoms with E-state index < -0.39 is 12.6 Å². The van der Waals surface area contributed by atoms with Crippen molar-refractivity contribution < 1.29 is 27.8 Å². The van der Waals surface area contributed by atoms with Crippen LogP contribution in [0, 0.1) is 0 Å². The molecule has 0 heterocycles. The van der Waals surface area contributed by atoms with Crippen LogP contribution >= 0.6 is 11.6 Å². The number of halogens is 3. The maximum Gasteiger partial charge on any atom is 0.387 e. The summed E-state index contributed by atoms with van der Waals surface area (Å²) in [7, 11) is 0. The SMILES string of the molecule is CCOC(=O)c1c(Cl)cc(OC(F)F)cc1C=O. The average Bonchev–Trinajstić information content (AvgIpc) is 2.27. The van der Waals surface area contributed by atoms with Gasteiger partial charge in [0.25, 0.3) is 0 Å². The highest BCUT2D eigenvalue weighted by Crippen LogP contribution is 2.27. The van der Waals surface area contributed by atoms with Crippen LogP contribution in [0.25, 0.3) is 0 Å². The van der Waals surface area contributed by atoms with Crippen LogP contribution in [0.5, 0.6) is 5.75 Å². The Kier molecular flexibility index (Phi) is 5.03. The molecule has 0 fully saturated rings. The van der Waals surface area contributed by atoms with Crippen molar-refractivity contribution in [2.45, 2.75) is 13.5 Å². The van der Waals surface area contributed by atoms with E-state index in [-0.39, 0.29) is 28.5 Å². The summed E-state index contributed by atoms with van der Waals surface area (Å²) in [6.07, 6.45) is 0.316. The van der Waals surface area contributed by atoms with Gasteiger partial charge in [0.1, 0.15) is 5.75 Å². The topological polar surface area (TPSA) is 52.6 Å². The van der Waals surface area contributed by atoms with Crippen molar-refractivity contribution in [2.75, 3.05) is 6.61 Å². The van der Waals surface area contributed by atoms with Crippen LogP contribution < -0.4 is 4.74 Å². The first kappa shape index (κ1) is 14.4. The molecule has 1 rings (SSSR count). The van der Waals surface area contributed by atoms with Gasteiger partial charge in [-0.25, -0.2) is 4.79 Å². The molecule has 0 unspecified atom stereocenters. The second kappa shape index (κ2) is 6.30. The smallest absolute Gasteiger partial charge is 0.387 e. The van der Waals surface area contributed by atoms with E-state index in [1.807, 2.05) is 0 Å². The van der Waals surface area contributed by atoms with E-state index in [0.29, 0.717) is 6.29 Å². The molecular formula is C11H9ClF2O4. The number of ether oxygens (including phenoxy) is 2. The van der Waals surface area contributed by atoms with Crippen LogP contribution in [0.4, 0.5) is 8.78 Å². The monoisotopic (exact) mass is 278 g/mol. The predicted octanol–water partition coefficient (Wildman–Crippen LogP) is 2.93. The summed E-state index contributed by atoms with van der Waals surface area (Å²) in [5.41, 5.74) is -0.341. The van der Waals surface area contributed by atoms with Crippen molar-refractivity contribution in [3.63, 3.8) is 0 Å². The third kappa shape index (κ3) is 3.40. The first-order valence-electron chi connectivity index (χ1n) is 4.90. The molecule has 0 bridgehead atoms. The van der Waals surface area contributed by atoms with Crippen molar-refractivity contribution >= 4 is 23.9 Å². The minimum absolute atomic E-state index is 0.0999. The van der Waals surface area contributed by atoms with Crippen LogP contribution in [-0.2, 0) is 4.74 Å². The minimum Gasteiger partial charge on any atom is -0.462 e. The number of carbonyl (C=O) groups excluding carboxylic acids is 2. The van der Waals surface area contributed by atoms with E-state index >= 15 is 0 Å². The van der Waals surface area contributed by atoms with E-state index in [1.165, 1.54) is 0 Å². The number of hydrogen-bond acceptors (Lipinski definition) is 4. The molecule has 0 N–H and O–H groups in total. The molecule has 0 atom stereocenters. The molecule has 18 heavy (non-hydrogen) atoms. The molecule has 98 valence electrons. The van der Waals surface area contributed by atoms with Crippen LogP contribution in [-0.4, -0.2) is 25.5 Å². The predicted molar refractivity (Wildman–Crippen MR) is 59.4 cm³/mol. The van der Waals surface area contributed by atoms with Gasteiger partial charge in [0.15, 0.2) is 6.29 Å². The van der Waals surface area contributed by atoms with Crippen molar-refractivity contribution in [1.82, 2.24) is 0 Å². The zero-order valence-corrected chi connectivity index (χ0v) is 10.0. The molecule has 0 spiro atoms. The first-order chi connectivity index (χ1) is 8.49. The zero-order chi connectivity index (χ0) is 13.7. The molecule has 7 heteroatoms. The van der Waals surface area contributed by atoms with E-state index in [9.17, 15) is 18.4 Å². The maximum atomic E-state index is 12.0. The molecule has 1 aromatic rings. The Bertz CT molecular complexity index is 463. The summed E-state index contributed by atoms with van der Waals surface area (Å²) in [6.45, 7) is -1.36. The largest absolute Gasteiger partial charge is 0.462 e. The Balaban J connectivity index is 3.19. The number of rotatable bonds is 5. The molecule has 1 aromatic carbocycles. The molecule has 0 saturated carbocycles. The second-order valence-corrected chi connectivity index (χ2v) is 3.49. The Hall–Kier alpha value is -1.69. The van der Waals surface area contributed by atoms with Gasteiger partial charge in [-0.1, -0.05) is 11.6 Å². The highest BCUT2D eigenvalue weighted by atomic mass is 35.5. The van der Waals surface area contributed by atoms with Gasteiger partial charge in [-0.15, -0.1) is 0 Å². The van der Waals surface area contributed by atoms with Crippen LogP contribution in [0.1, 0.15) is 27.6 Å². The Morgan fingerprint density at radius 1 is 1.50 bits per heavy atom. The standard InChI is InChI=1S/C11H9ClF2O4/c1-2-17-10(16)9-6(5-15)3-7(4-8(9)12)18-11(13)14/h3-5,11H,2H2,1H3. The fourth-order valence-corrected chi connectivity index (χ4v) is 1.58. The van der Waals surface area contributed by atoms with Gasteiger partial charge in [-0.2, -0.15) is 8.78 Å². The molecule has 0 radical (unpaired) electrons. The van der Waals surface area contributed by atoms with Crippen molar-refractivity contribution in [3.8, 4) is 5.75 Å². The van der Waals surface area contributed by atoms with Crippen LogP contribution in [0.3, 0.4) is 0 Å². The molecule has 0 amide bonds. The van der Waals surface area contributed by atoms with Crippen LogP contribution in [0.15, 0.2) is 12.1 Å². The number of aldehydes is 1. The molecule has 0 aromatic heterocycles. The van der Waals surface area contributed by atoms with Gasteiger partial charge in [-0.05, 0) is 19.1 Å². The third-order valence-electron chi connectivity index (χ3n) is 1.93. The summed E-state index contributed by atoms with van der Waals surface area (Å²) in [5, 5.41) is -0.186. The first-order valence-corrected chi connectivity index (χ1v) is 5.28. The fourth-order valence-electron chi connectivity index (χ4n) is 1.28. The number of hydrogen-bond donors (Lipinski definition) is 0. The van der Waals surface area contributed by atoms with Gasteiger partial charge in [-0.3, -0.25) is 4.79 Å². The van der Waals surface area contributed by atoms with E-state index in [2.05, 4.69) is 4.74 Å². The lowest BCUT2D eigenvalue weighted by Gasteiger charge is -2.10. The van der Waals surface area contributed by atoms with Gasteiger partial charge in [0.2, 0.25) is 0 Å². The van der Waals surface area contributed by atoms with Crippen molar-refractivity contribution in [1.29, 1.82) is 0 Å². The van der Waals surface area contributed by atoms with Crippen molar-refractivity contribution in [3.05, 3.63) is 28.3 Å². The van der Waals surface area contributed by atoms with Gasteiger partial charge in [0.05, 0.1) is 17.2 Å². The highest BCUT2D eigenvalue weighted by molar-refractivity contribution is 6.34. The number of esters is 1. The number of benzene rings is 1. The van der Waals surface area contributed by atoms with Gasteiger partial charge >= 0.3 is 12.6 Å². The van der Waals surface area contributed by atoms with E-state index in [1.54, 1.807) is 6.92 Å². The summed E-state index contributed by atoms with van der Waals surface area (Å²) in [6, 6.07) is 2.02. The number of alkyl halides is 2. The maximum absolute atomic E-state index is 12.0. The number of carbonyl (C=O) groups is 2. The molecular weight excluding hydrogens is 270 g/mol. The Labute approximate surface area is 106 Å². The lowest BCUT2D eigenvalue weighted by atomic mass is 10.1. The highest BCUT2D eigenvalue weighted by Gasteiger charge is 2.19. The Morgan fingerprint density at radius 2 is 2.17 bits per heavy atom. The van der Waals surface area contributed by atoms with Gasteiger partial charge in [0, 0.05) is 5.56 Å². The lowest BCUT2D eigenvalue weighted by molar-refractivity contribution is -0.0498. The molecule has 4 nitrogen and oxygen atoms in total. The third-order valence-corrected chi connectivity index (χ3v) is 2.22. The lowest BCUT2D eigenvalue weighted by Crippen LogP contribution is -2.10. The molecule has 0 aliphatic rings. The average molecular weight is 279 g/mol. The summed E-state index contributed by atoms with van der Waals surface area (Å²) < 4.78 is 32.8. The zero-order valence-electron chi connectivity index (χ0n) is 9.28. The molecule has 0 aliphatic heterocycles. The van der Waals surface area contributed by atoms with E-state index in [4.69, 9.17) is 16.3 Å². The minimum atomic E-state index is -3.05. The van der Waals surface area contributed by atoms with Crippen molar-refractivity contribution in [2.24, 2.45) is 0 Å². The van der Waals surface area contributed by atoms with E-state index in [0.717, 1.165) is 12.1 Å². The molecule has 0 saturated heterocycles.